The van der Waals surface area contributed by atoms with Gasteiger partial charge in [0.2, 0.25) is 15.9 Å². The van der Waals surface area contributed by atoms with E-state index >= 15 is 0 Å². The van der Waals surface area contributed by atoms with Gasteiger partial charge in [-0.15, -0.1) is 0 Å². The van der Waals surface area contributed by atoms with Crippen LogP contribution in [-0.4, -0.2) is 31.2 Å². The highest BCUT2D eigenvalue weighted by Crippen LogP contribution is 2.22. The van der Waals surface area contributed by atoms with Gasteiger partial charge in [0.05, 0.1) is 11.4 Å². The van der Waals surface area contributed by atoms with Crippen LogP contribution in [0.3, 0.4) is 0 Å². The van der Waals surface area contributed by atoms with Crippen molar-refractivity contribution < 1.29 is 13.2 Å². The molecule has 0 aromatic heterocycles. The molecule has 1 aliphatic rings. The van der Waals surface area contributed by atoms with Crippen LogP contribution >= 0.6 is 23.2 Å². The Morgan fingerprint density at radius 3 is 1.97 bits per heavy atom. The maximum Gasteiger partial charge on any atom is 0.243 e. The van der Waals surface area contributed by atoms with Gasteiger partial charge in [-0.25, -0.2) is 8.42 Å². The van der Waals surface area contributed by atoms with Crippen LogP contribution in [0, 0.1) is 0 Å². The lowest BCUT2D eigenvalue weighted by molar-refractivity contribution is -0.122. The minimum atomic E-state index is -3.89. The molecule has 2 aromatic rings. The number of amides is 1. The van der Waals surface area contributed by atoms with Crippen molar-refractivity contribution in [3.05, 3.63) is 64.1 Å². The smallest absolute Gasteiger partial charge is 0.243 e. The molecule has 8 heteroatoms. The van der Waals surface area contributed by atoms with Crippen LogP contribution in [0.4, 0.5) is 0 Å². The second kappa shape index (κ2) is 11.3. The van der Waals surface area contributed by atoms with E-state index < -0.39 is 10.0 Å². The van der Waals surface area contributed by atoms with E-state index in [4.69, 9.17) is 23.2 Å². The molecule has 168 valence electrons. The summed E-state index contributed by atoms with van der Waals surface area (Å²) in [5, 5.41) is 4.07. The Balaban J connectivity index is 1.78. The van der Waals surface area contributed by atoms with Gasteiger partial charge in [0, 0.05) is 22.6 Å². The molecule has 2 aromatic carbocycles. The van der Waals surface area contributed by atoms with E-state index in [2.05, 4.69) is 5.32 Å². The molecule has 0 bridgehead atoms. The number of sulfonamides is 1. The number of nitrogens with one attached hydrogen (secondary N) is 1. The highest BCUT2D eigenvalue weighted by Gasteiger charge is 2.28. The topological polar surface area (TPSA) is 66.5 Å². The third-order valence-electron chi connectivity index (χ3n) is 5.51. The Morgan fingerprint density at radius 2 is 1.39 bits per heavy atom. The summed E-state index contributed by atoms with van der Waals surface area (Å²) in [6.07, 6.45) is 7.65. The molecule has 0 radical (unpaired) electrons. The Kier molecular flexibility index (Phi) is 8.78. The van der Waals surface area contributed by atoms with Crippen LogP contribution in [-0.2, 0) is 21.4 Å². The molecular weight excluding hydrogens is 455 g/mol. The molecule has 1 N–H and O–H groups in total. The maximum atomic E-state index is 13.3. The van der Waals surface area contributed by atoms with E-state index in [1.54, 1.807) is 24.3 Å². The monoisotopic (exact) mass is 482 g/mol. The average Bonchev–Trinajstić information content (AvgIpc) is 2.71. The first-order valence-corrected chi connectivity index (χ1v) is 12.8. The van der Waals surface area contributed by atoms with Crippen LogP contribution in [0.1, 0.15) is 50.5 Å². The lowest BCUT2D eigenvalue weighted by Gasteiger charge is -2.25. The number of carbonyl (C=O) groups excluding carboxylic acids is 1. The molecule has 0 heterocycles. The molecule has 1 saturated carbocycles. The fraction of sp³-hybridized carbons (Fsp3) is 0.435. The molecule has 0 atom stereocenters. The zero-order chi connectivity index (χ0) is 22.3. The summed E-state index contributed by atoms with van der Waals surface area (Å²) < 4.78 is 27.8. The van der Waals surface area contributed by atoms with Crippen molar-refractivity contribution in [2.75, 3.05) is 6.54 Å². The quantitative estimate of drug-likeness (QED) is 0.573. The molecule has 1 amide bonds. The predicted molar refractivity (Wildman–Crippen MR) is 125 cm³/mol. The number of carbonyl (C=O) groups is 1. The van der Waals surface area contributed by atoms with Crippen molar-refractivity contribution in [2.45, 2.75) is 62.4 Å². The Labute approximate surface area is 194 Å². The molecule has 5 nitrogen and oxygen atoms in total. The highest BCUT2D eigenvalue weighted by atomic mass is 35.5. The molecule has 31 heavy (non-hydrogen) atoms. The van der Waals surface area contributed by atoms with Gasteiger partial charge in [-0.1, -0.05) is 67.4 Å². The first-order valence-electron chi connectivity index (χ1n) is 10.6. The summed E-state index contributed by atoms with van der Waals surface area (Å²) in [4.78, 5) is 12.9. The standard InChI is InChI=1S/C23H28Cl2N2O3S/c24-19-10-8-18(9-11-19)16-27(31(29,30)22-14-12-20(25)13-15-22)17-23(28)26-21-6-4-2-1-3-5-7-21/h8-15,21H,1-7,16-17H2,(H,26,28). The highest BCUT2D eigenvalue weighted by molar-refractivity contribution is 7.89. The SMILES string of the molecule is O=C(CN(Cc1ccc(Cl)cc1)S(=O)(=O)c1ccc(Cl)cc1)NC1CCCCCCC1. The van der Waals surface area contributed by atoms with E-state index in [9.17, 15) is 13.2 Å². The normalized spacial score (nSPS) is 16.0. The van der Waals surface area contributed by atoms with Gasteiger partial charge >= 0.3 is 0 Å². The third kappa shape index (κ3) is 7.21. The summed E-state index contributed by atoms with van der Waals surface area (Å²) in [5.74, 6) is -0.280. The summed E-state index contributed by atoms with van der Waals surface area (Å²) in [6.45, 7) is -0.176. The number of nitrogens with zero attached hydrogens (tertiary/aromatic N) is 1. The Bertz CT molecular complexity index is 955. The zero-order valence-electron chi connectivity index (χ0n) is 17.4. The molecule has 0 spiro atoms. The van der Waals surface area contributed by atoms with Gasteiger partial charge in [-0.05, 0) is 54.8 Å². The average molecular weight is 483 g/mol. The minimum absolute atomic E-state index is 0.0697. The van der Waals surface area contributed by atoms with Gasteiger partial charge in [-0.3, -0.25) is 4.79 Å². The zero-order valence-corrected chi connectivity index (χ0v) is 19.7. The summed E-state index contributed by atoms with van der Waals surface area (Å²) in [7, 11) is -3.89. The maximum absolute atomic E-state index is 13.3. The fourth-order valence-corrected chi connectivity index (χ4v) is 5.45. The molecule has 0 aliphatic heterocycles. The van der Waals surface area contributed by atoms with E-state index in [0.29, 0.717) is 10.0 Å². The Morgan fingerprint density at radius 1 is 0.871 bits per heavy atom. The van der Waals surface area contributed by atoms with Crippen LogP contribution in [0.5, 0.6) is 0 Å². The lowest BCUT2D eigenvalue weighted by atomic mass is 9.97. The molecule has 0 saturated heterocycles. The number of halogens is 2. The van der Waals surface area contributed by atoms with Gasteiger partial charge in [0.1, 0.15) is 0 Å². The van der Waals surface area contributed by atoms with Gasteiger partial charge in [0.25, 0.3) is 0 Å². The molecule has 1 fully saturated rings. The van der Waals surface area contributed by atoms with Crippen molar-refractivity contribution in [2.24, 2.45) is 0 Å². The van der Waals surface area contributed by atoms with Gasteiger partial charge in [0.15, 0.2) is 0 Å². The number of hydrogen-bond acceptors (Lipinski definition) is 3. The second-order valence-corrected chi connectivity index (χ2v) is 10.8. The number of rotatable bonds is 7. The van der Waals surface area contributed by atoms with Crippen LogP contribution in [0.25, 0.3) is 0 Å². The van der Waals surface area contributed by atoms with E-state index in [-0.39, 0.29) is 29.9 Å². The van der Waals surface area contributed by atoms with E-state index in [1.807, 2.05) is 0 Å². The molecule has 0 unspecified atom stereocenters. The molecule has 1 aliphatic carbocycles. The van der Waals surface area contributed by atoms with Crippen molar-refractivity contribution in [3.8, 4) is 0 Å². The van der Waals surface area contributed by atoms with E-state index in [0.717, 1.165) is 31.2 Å². The third-order valence-corrected chi connectivity index (χ3v) is 7.82. The Hall–Kier alpha value is -1.60. The predicted octanol–water partition coefficient (Wildman–Crippen LogP) is 5.41. The number of hydrogen-bond donors (Lipinski definition) is 1. The first kappa shape index (κ1) is 24.1. The molecule has 3 rings (SSSR count). The second-order valence-electron chi connectivity index (χ2n) is 7.96. The van der Waals surface area contributed by atoms with Crippen LogP contribution in [0.15, 0.2) is 53.4 Å². The summed E-state index contributed by atoms with van der Waals surface area (Å²) in [6, 6.07) is 13.0. The minimum Gasteiger partial charge on any atom is -0.352 e. The summed E-state index contributed by atoms with van der Waals surface area (Å²) >= 11 is 11.9. The fourth-order valence-electron chi connectivity index (χ4n) is 3.81. The van der Waals surface area contributed by atoms with Crippen LogP contribution in [0.2, 0.25) is 10.0 Å². The summed E-state index contributed by atoms with van der Waals surface area (Å²) in [5.41, 5.74) is 0.751. The molecular formula is C23H28Cl2N2O3S. The lowest BCUT2D eigenvalue weighted by Crippen LogP contribution is -2.44. The number of benzene rings is 2. The van der Waals surface area contributed by atoms with Gasteiger partial charge in [-0.2, -0.15) is 4.31 Å². The van der Waals surface area contributed by atoms with Crippen molar-refractivity contribution in [3.63, 3.8) is 0 Å². The van der Waals surface area contributed by atoms with Crippen LogP contribution < -0.4 is 5.32 Å². The van der Waals surface area contributed by atoms with Crippen molar-refractivity contribution in [1.29, 1.82) is 0 Å². The van der Waals surface area contributed by atoms with Gasteiger partial charge < -0.3 is 5.32 Å². The van der Waals surface area contributed by atoms with E-state index in [1.165, 1.54) is 47.8 Å². The van der Waals surface area contributed by atoms with Crippen molar-refractivity contribution in [1.82, 2.24) is 9.62 Å². The largest absolute Gasteiger partial charge is 0.352 e. The first-order chi connectivity index (χ1) is 14.8. The van der Waals surface area contributed by atoms with Crippen molar-refractivity contribution >= 4 is 39.1 Å².